The highest BCUT2D eigenvalue weighted by molar-refractivity contribution is 6.00. The van der Waals surface area contributed by atoms with Gasteiger partial charge in [0.05, 0.1) is 18.3 Å². The summed E-state index contributed by atoms with van der Waals surface area (Å²) < 4.78 is 7.78. The average molecular weight is 300 g/mol. The lowest BCUT2D eigenvalue weighted by molar-refractivity contribution is 0.101. The summed E-state index contributed by atoms with van der Waals surface area (Å²) in [5.74, 6) is 0.854. The fourth-order valence-corrected chi connectivity index (χ4v) is 2.38. The van der Waals surface area contributed by atoms with E-state index in [0.29, 0.717) is 0 Å². The number of para-hydroxylation sites is 2. The molecule has 4 nitrogen and oxygen atoms in total. The predicted molar refractivity (Wildman–Crippen MR) is 89.9 cm³/mol. The summed E-state index contributed by atoms with van der Waals surface area (Å²) in [6, 6.07) is 9.63. The van der Waals surface area contributed by atoms with Gasteiger partial charge >= 0.3 is 0 Å². The van der Waals surface area contributed by atoms with Crippen molar-refractivity contribution in [3.8, 4) is 5.75 Å². The van der Waals surface area contributed by atoms with Crippen LogP contribution in [-0.2, 0) is 7.05 Å². The van der Waals surface area contributed by atoms with Gasteiger partial charge in [0.1, 0.15) is 5.75 Å². The maximum atomic E-state index is 12.4. The van der Waals surface area contributed by atoms with Crippen molar-refractivity contribution in [2.24, 2.45) is 7.05 Å². The normalized spacial score (nSPS) is 10.8. The van der Waals surface area contributed by atoms with E-state index >= 15 is 0 Å². The first-order valence-corrected chi connectivity index (χ1v) is 7.55. The standard InChI is InChI=1S/C18H24N2O2/c1-12(2)22-18-9-7-6-8-16(18)19-11-17(21)15-10-13(3)20(5)14(15)4/h6-10,12,19H,11H2,1-5H3. The number of carbonyl (C=O) groups is 1. The largest absolute Gasteiger partial charge is 0.489 e. The van der Waals surface area contributed by atoms with Crippen LogP contribution < -0.4 is 10.1 Å². The lowest BCUT2D eigenvalue weighted by Crippen LogP contribution is -2.16. The van der Waals surface area contributed by atoms with Crippen molar-refractivity contribution in [2.45, 2.75) is 33.8 Å². The number of aromatic nitrogens is 1. The maximum Gasteiger partial charge on any atom is 0.183 e. The molecule has 0 bridgehead atoms. The Morgan fingerprint density at radius 2 is 1.95 bits per heavy atom. The van der Waals surface area contributed by atoms with Gasteiger partial charge in [-0.3, -0.25) is 4.79 Å². The van der Waals surface area contributed by atoms with Gasteiger partial charge in [0.25, 0.3) is 0 Å². The highest BCUT2D eigenvalue weighted by atomic mass is 16.5. The van der Waals surface area contributed by atoms with Gasteiger partial charge < -0.3 is 14.6 Å². The second-order valence-corrected chi connectivity index (χ2v) is 5.78. The van der Waals surface area contributed by atoms with E-state index in [2.05, 4.69) is 5.32 Å². The van der Waals surface area contributed by atoms with Crippen LogP contribution in [0.5, 0.6) is 5.75 Å². The summed E-state index contributed by atoms with van der Waals surface area (Å²) in [7, 11) is 1.97. The van der Waals surface area contributed by atoms with Crippen LogP contribution in [0.3, 0.4) is 0 Å². The molecule has 0 aliphatic heterocycles. The summed E-state index contributed by atoms with van der Waals surface area (Å²) in [6.07, 6.45) is 0.0951. The second kappa shape index (κ2) is 6.69. The Morgan fingerprint density at radius 3 is 2.55 bits per heavy atom. The number of carbonyl (C=O) groups excluding carboxylic acids is 1. The Bertz CT molecular complexity index is 672. The molecule has 2 aromatic rings. The second-order valence-electron chi connectivity index (χ2n) is 5.78. The Morgan fingerprint density at radius 1 is 1.27 bits per heavy atom. The smallest absolute Gasteiger partial charge is 0.183 e. The van der Waals surface area contributed by atoms with E-state index < -0.39 is 0 Å². The van der Waals surface area contributed by atoms with Crippen molar-refractivity contribution < 1.29 is 9.53 Å². The molecule has 1 aromatic heterocycles. The summed E-state index contributed by atoms with van der Waals surface area (Å²) in [4.78, 5) is 12.4. The zero-order valence-electron chi connectivity index (χ0n) is 13.9. The number of ether oxygens (including phenoxy) is 1. The van der Waals surface area contributed by atoms with Gasteiger partial charge in [-0.1, -0.05) is 12.1 Å². The molecule has 1 aromatic carbocycles. The predicted octanol–water partition coefficient (Wildman–Crippen LogP) is 3.72. The Kier molecular flexibility index (Phi) is 4.91. The van der Waals surface area contributed by atoms with Gasteiger partial charge in [-0.25, -0.2) is 0 Å². The molecule has 22 heavy (non-hydrogen) atoms. The van der Waals surface area contributed by atoms with Gasteiger partial charge in [-0.2, -0.15) is 0 Å². The number of hydrogen-bond donors (Lipinski definition) is 1. The van der Waals surface area contributed by atoms with Crippen LogP contribution in [0.4, 0.5) is 5.69 Å². The van der Waals surface area contributed by atoms with E-state index in [4.69, 9.17) is 4.74 Å². The third kappa shape index (κ3) is 3.50. The Hall–Kier alpha value is -2.23. The zero-order valence-corrected chi connectivity index (χ0v) is 13.9. The first-order valence-electron chi connectivity index (χ1n) is 7.55. The number of aryl methyl sites for hydroxylation is 1. The van der Waals surface area contributed by atoms with E-state index in [1.165, 1.54) is 0 Å². The molecular formula is C18H24N2O2. The molecule has 0 radical (unpaired) electrons. The van der Waals surface area contributed by atoms with Crippen LogP contribution in [0.25, 0.3) is 0 Å². The van der Waals surface area contributed by atoms with Crippen LogP contribution in [0.15, 0.2) is 30.3 Å². The molecule has 0 unspecified atom stereocenters. The molecule has 1 N–H and O–H groups in total. The quantitative estimate of drug-likeness (QED) is 0.827. The number of nitrogens with zero attached hydrogens (tertiary/aromatic N) is 1. The first kappa shape index (κ1) is 16.1. The van der Waals surface area contributed by atoms with Crippen molar-refractivity contribution in [1.82, 2.24) is 4.57 Å². The Balaban J connectivity index is 2.10. The molecule has 0 aliphatic carbocycles. The first-order chi connectivity index (χ1) is 10.4. The van der Waals surface area contributed by atoms with Crippen LogP contribution in [0, 0.1) is 13.8 Å². The number of benzene rings is 1. The fourth-order valence-electron chi connectivity index (χ4n) is 2.38. The van der Waals surface area contributed by atoms with Crippen molar-refractivity contribution >= 4 is 11.5 Å². The lowest BCUT2D eigenvalue weighted by atomic mass is 10.1. The van der Waals surface area contributed by atoms with Gasteiger partial charge in [-0.15, -0.1) is 0 Å². The SMILES string of the molecule is Cc1cc(C(=O)CNc2ccccc2OC(C)C)c(C)n1C. The minimum Gasteiger partial charge on any atom is -0.489 e. The van der Waals surface area contributed by atoms with E-state index in [1.54, 1.807) is 0 Å². The molecular weight excluding hydrogens is 276 g/mol. The third-order valence-corrected chi connectivity index (χ3v) is 3.76. The zero-order chi connectivity index (χ0) is 16.3. The number of ketones is 1. The molecule has 118 valence electrons. The maximum absolute atomic E-state index is 12.4. The third-order valence-electron chi connectivity index (χ3n) is 3.76. The van der Waals surface area contributed by atoms with Crippen molar-refractivity contribution in [2.75, 3.05) is 11.9 Å². The molecule has 0 fully saturated rings. The molecule has 0 spiro atoms. The van der Waals surface area contributed by atoms with E-state index in [0.717, 1.165) is 28.4 Å². The molecule has 2 rings (SSSR count). The number of anilines is 1. The Labute approximate surface area is 132 Å². The van der Waals surface area contributed by atoms with Crippen molar-refractivity contribution in [1.29, 1.82) is 0 Å². The van der Waals surface area contributed by atoms with Crippen LogP contribution in [0.1, 0.15) is 35.6 Å². The summed E-state index contributed by atoms with van der Waals surface area (Å²) in [6.45, 7) is 8.19. The molecule has 0 saturated heterocycles. The summed E-state index contributed by atoms with van der Waals surface area (Å²) >= 11 is 0. The average Bonchev–Trinajstić information content (AvgIpc) is 2.73. The molecule has 0 amide bonds. The van der Waals surface area contributed by atoms with E-state index in [9.17, 15) is 4.79 Å². The van der Waals surface area contributed by atoms with Gasteiger partial charge in [0.2, 0.25) is 0 Å². The van der Waals surface area contributed by atoms with E-state index in [-0.39, 0.29) is 18.4 Å². The van der Waals surface area contributed by atoms with Crippen LogP contribution in [-0.4, -0.2) is 23.0 Å². The van der Waals surface area contributed by atoms with Gasteiger partial charge in [0.15, 0.2) is 5.78 Å². The minimum atomic E-state index is 0.0838. The summed E-state index contributed by atoms with van der Waals surface area (Å²) in [5.41, 5.74) is 3.70. The van der Waals surface area contributed by atoms with Crippen molar-refractivity contribution in [3.05, 3.63) is 47.3 Å². The topological polar surface area (TPSA) is 43.3 Å². The molecule has 0 saturated carbocycles. The summed E-state index contributed by atoms with van der Waals surface area (Å²) in [5, 5.41) is 3.19. The molecule has 1 heterocycles. The molecule has 0 atom stereocenters. The fraction of sp³-hybridized carbons (Fsp3) is 0.389. The highest BCUT2D eigenvalue weighted by Crippen LogP contribution is 2.25. The highest BCUT2D eigenvalue weighted by Gasteiger charge is 2.14. The van der Waals surface area contributed by atoms with E-state index in [1.807, 2.05) is 69.6 Å². The van der Waals surface area contributed by atoms with Crippen molar-refractivity contribution in [3.63, 3.8) is 0 Å². The number of hydrogen-bond acceptors (Lipinski definition) is 3. The monoisotopic (exact) mass is 300 g/mol. The number of rotatable bonds is 6. The minimum absolute atomic E-state index is 0.0838. The molecule has 4 heteroatoms. The van der Waals surface area contributed by atoms with Gasteiger partial charge in [-0.05, 0) is 45.9 Å². The lowest BCUT2D eigenvalue weighted by Gasteiger charge is -2.15. The number of Topliss-reactive ketones (excluding diaryl/α,β-unsaturated/α-hetero) is 1. The van der Waals surface area contributed by atoms with Gasteiger partial charge in [0, 0.05) is 24.0 Å². The number of nitrogens with one attached hydrogen (secondary N) is 1. The van der Waals surface area contributed by atoms with Crippen LogP contribution >= 0.6 is 0 Å². The molecule has 0 aliphatic rings. The van der Waals surface area contributed by atoms with Crippen LogP contribution in [0.2, 0.25) is 0 Å².